The van der Waals surface area contributed by atoms with Crippen LogP contribution in [0.5, 0.6) is 0 Å². The molecule has 0 aliphatic carbocycles. The van der Waals surface area contributed by atoms with Crippen LogP contribution in [0, 0.1) is 6.92 Å². The molecule has 29 heavy (non-hydrogen) atoms. The summed E-state index contributed by atoms with van der Waals surface area (Å²) in [6.07, 6.45) is -1.02. The van der Waals surface area contributed by atoms with Crippen molar-refractivity contribution in [1.82, 2.24) is 4.98 Å². The van der Waals surface area contributed by atoms with E-state index in [2.05, 4.69) is 10.3 Å². The fourth-order valence-electron chi connectivity index (χ4n) is 2.68. The monoisotopic (exact) mass is 408 g/mol. The zero-order valence-electron chi connectivity index (χ0n) is 16.3. The van der Waals surface area contributed by atoms with Crippen molar-refractivity contribution in [2.24, 2.45) is 0 Å². The van der Waals surface area contributed by atoms with Crippen LogP contribution in [0.3, 0.4) is 0 Å². The molecule has 1 aromatic heterocycles. The van der Waals surface area contributed by atoms with Crippen LogP contribution in [0.15, 0.2) is 54.6 Å². The van der Waals surface area contributed by atoms with E-state index in [4.69, 9.17) is 4.74 Å². The van der Waals surface area contributed by atoms with E-state index in [-0.39, 0.29) is 5.78 Å². The smallest absolute Gasteiger partial charge is 0.351 e. The highest BCUT2D eigenvalue weighted by molar-refractivity contribution is 7.14. The van der Waals surface area contributed by atoms with E-state index in [0.717, 1.165) is 10.6 Å². The van der Waals surface area contributed by atoms with Crippen LogP contribution in [0.4, 0.5) is 5.69 Å². The highest BCUT2D eigenvalue weighted by atomic mass is 32.1. The second-order valence-electron chi connectivity index (χ2n) is 6.45. The largest absolute Gasteiger partial charge is 0.448 e. The molecular formula is C22H20N2O4S. The van der Waals surface area contributed by atoms with Crippen molar-refractivity contribution in [3.63, 3.8) is 0 Å². The molecule has 0 spiro atoms. The normalized spacial score (nSPS) is 11.6. The summed E-state index contributed by atoms with van der Waals surface area (Å²) >= 11 is 1.23. The van der Waals surface area contributed by atoms with Gasteiger partial charge in [0.2, 0.25) is 0 Å². The summed E-state index contributed by atoms with van der Waals surface area (Å²) in [5.41, 5.74) is 2.30. The number of ketones is 1. The number of Topliss-reactive ketones (excluding diaryl/α,β-unsaturated/α-hetero) is 1. The molecule has 0 saturated heterocycles. The summed E-state index contributed by atoms with van der Waals surface area (Å²) < 4.78 is 5.38. The maximum Gasteiger partial charge on any atom is 0.351 e. The molecule has 0 fully saturated rings. The van der Waals surface area contributed by atoms with Gasteiger partial charge >= 0.3 is 5.97 Å². The summed E-state index contributed by atoms with van der Waals surface area (Å²) in [6.45, 7) is 4.76. The van der Waals surface area contributed by atoms with Crippen LogP contribution >= 0.6 is 11.3 Å². The van der Waals surface area contributed by atoms with E-state index in [1.165, 1.54) is 25.2 Å². The number of aromatic nitrogens is 1. The predicted octanol–water partition coefficient (Wildman–Crippen LogP) is 4.51. The van der Waals surface area contributed by atoms with Gasteiger partial charge in [0.25, 0.3) is 5.91 Å². The molecular weight excluding hydrogens is 388 g/mol. The maximum absolute atomic E-state index is 12.7. The van der Waals surface area contributed by atoms with E-state index in [1.807, 2.05) is 37.3 Å². The molecule has 6 nitrogen and oxygen atoms in total. The summed E-state index contributed by atoms with van der Waals surface area (Å²) in [5, 5.41) is 3.40. The predicted molar refractivity (Wildman–Crippen MR) is 112 cm³/mol. The average Bonchev–Trinajstić information content (AvgIpc) is 3.10. The summed E-state index contributed by atoms with van der Waals surface area (Å²) in [7, 11) is 0. The number of anilines is 1. The van der Waals surface area contributed by atoms with Crippen LogP contribution in [0.25, 0.3) is 11.3 Å². The minimum atomic E-state index is -1.02. The lowest BCUT2D eigenvalue weighted by molar-refractivity contribution is -0.123. The van der Waals surface area contributed by atoms with Gasteiger partial charge in [0.15, 0.2) is 11.9 Å². The topological polar surface area (TPSA) is 85.4 Å². The van der Waals surface area contributed by atoms with Gasteiger partial charge in [0.05, 0.1) is 10.7 Å². The molecule has 1 heterocycles. The first kappa shape index (κ1) is 20.4. The van der Waals surface area contributed by atoms with Crippen molar-refractivity contribution in [3.8, 4) is 11.3 Å². The van der Waals surface area contributed by atoms with Gasteiger partial charge in [-0.15, -0.1) is 11.3 Å². The van der Waals surface area contributed by atoms with Crippen molar-refractivity contribution in [2.75, 3.05) is 5.32 Å². The van der Waals surface area contributed by atoms with Crippen LogP contribution in [-0.4, -0.2) is 28.7 Å². The lowest BCUT2D eigenvalue weighted by Gasteiger charge is -2.14. The zero-order chi connectivity index (χ0) is 21.0. The lowest BCUT2D eigenvalue weighted by atomic mass is 10.1. The van der Waals surface area contributed by atoms with Crippen LogP contribution in [-0.2, 0) is 9.53 Å². The number of nitrogens with one attached hydrogen (secondary N) is 1. The maximum atomic E-state index is 12.7. The third-order valence-corrected chi connectivity index (χ3v) is 5.11. The Kier molecular flexibility index (Phi) is 6.19. The Morgan fingerprint density at radius 2 is 1.79 bits per heavy atom. The molecule has 0 aliphatic heterocycles. The van der Waals surface area contributed by atoms with Gasteiger partial charge in [0.1, 0.15) is 4.88 Å². The SMILES string of the molecule is CC(=O)c1cccc(NC(=O)[C@H](C)OC(=O)c2sc(C)nc2-c2ccccc2)c1. The third-order valence-electron chi connectivity index (χ3n) is 4.16. The first-order chi connectivity index (χ1) is 13.8. The lowest BCUT2D eigenvalue weighted by Crippen LogP contribution is -2.30. The fraction of sp³-hybridized carbons (Fsp3) is 0.182. The Labute approximate surface area is 172 Å². The van der Waals surface area contributed by atoms with Crippen LogP contribution in [0.2, 0.25) is 0 Å². The Bertz CT molecular complexity index is 1060. The quantitative estimate of drug-likeness (QED) is 0.479. The van der Waals surface area contributed by atoms with E-state index in [0.29, 0.717) is 21.8 Å². The number of thiazole rings is 1. The minimum absolute atomic E-state index is 0.102. The highest BCUT2D eigenvalue weighted by Crippen LogP contribution is 2.29. The number of aryl methyl sites for hydroxylation is 1. The Hall–Kier alpha value is -3.32. The summed E-state index contributed by atoms with van der Waals surface area (Å²) in [5.74, 6) is -1.19. The number of esters is 1. The van der Waals surface area contributed by atoms with E-state index < -0.39 is 18.0 Å². The van der Waals surface area contributed by atoms with Crippen molar-refractivity contribution in [1.29, 1.82) is 0 Å². The van der Waals surface area contributed by atoms with Gasteiger partial charge < -0.3 is 10.1 Å². The van der Waals surface area contributed by atoms with E-state index in [1.54, 1.807) is 24.3 Å². The van der Waals surface area contributed by atoms with Crippen LogP contribution in [0.1, 0.15) is 38.9 Å². The number of hydrogen-bond acceptors (Lipinski definition) is 6. The molecule has 7 heteroatoms. The number of hydrogen-bond donors (Lipinski definition) is 1. The van der Waals surface area contributed by atoms with Crippen molar-refractivity contribution in [3.05, 3.63) is 70.0 Å². The second-order valence-corrected chi connectivity index (χ2v) is 7.65. The molecule has 1 atom stereocenters. The number of rotatable bonds is 6. The molecule has 0 aliphatic rings. The summed E-state index contributed by atoms with van der Waals surface area (Å²) in [4.78, 5) is 41.4. The molecule has 1 N–H and O–H groups in total. The zero-order valence-corrected chi connectivity index (χ0v) is 17.1. The molecule has 1 amide bonds. The number of benzene rings is 2. The number of carbonyl (C=O) groups is 3. The molecule has 148 valence electrons. The molecule has 0 unspecified atom stereocenters. The molecule has 0 saturated carbocycles. The number of nitrogens with zero attached hydrogens (tertiary/aromatic N) is 1. The van der Waals surface area contributed by atoms with Crippen LogP contribution < -0.4 is 5.32 Å². The van der Waals surface area contributed by atoms with Gasteiger partial charge in [-0.25, -0.2) is 9.78 Å². The molecule has 0 radical (unpaired) electrons. The van der Waals surface area contributed by atoms with Gasteiger partial charge in [-0.3, -0.25) is 9.59 Å². The second kappa shape index (κ2) is 8.79. The molecule has 3 aromatic rings. The Balaban J connectivity index is 1.72. The van der Waals surface area contributed by atoms with Gasteiger partial charge in [-0.2, -0.15) is 0 Å². The first-order valence-electron chi connectivity index (χ1n) is 9.01. The standard InChI is InChI=1S/C22H20N2O4S/c1-13(25)17-10-7-11-18(12-17)24-21(26)14(2)28-22(27)20-19(23-15(3)29-20)16-8-5-4-6-9-16/h4-12,14H,1-3H3,(H,24,26)/t14-/m0/s1. The summed E-state index contributed by atoms with van der Waals surface area (Å²) in [6, 6.07) is 15.9. The average molecular weight is 408 g/mol. The minimum Gasteiger partial charge on any atom is -0.448 e. The number of ether oxygens (including phenoxy) is 1. The molecule has 0 bridgehead atoms. The van der Waals surface area contributed by atoms with Gasteiger partial charge in [-0.05, 0) is 32.9 Å². The number of carbonyl (C=O) groups excluding carboxylic acids is 3. The third kappa shape index (κ3) is 4.94. The number of amides is 1. The van der Waals surface area contributed by atoms with Gasteiger partial charge in [0, 0.05) is 16.8 Å². The van der Waals surface area contributed by atoms with Crippen molar-refractivity contribution in [2.45, 2.75) is 26.9 Å². The molecule has 3 rings (SSSR count). The van der Waals surface area contributed by atoms with Crippen molar-refractivity contribution >= 4 is 34.7 Å². The van der Waals surface area contributed by atoms with E-state index in [9.17, 15) is 14.4 Å². The highest BCUT2D eigenvalue weighted by Gasteiger charge is 2.24. The Morgan fingerprint density at radius 3 is 2.48 bits per heavy atom. The molecule has 2 aromatic carbocycles. The fourth-order valence-corrected chi connectivity index (χ4v) is 3.51. The first-order valence-corrected chi connectivity index (χ1v) is 9.82. The van der Waals surface area contributed by atoms with E-state index >= 15 is 0 Å². The Morgan fingerprint density at radius 1 is 1.07 bits per heavy atom. The van der Waals surface area contributed by atoms with Crippen molar-refractivity contribution < 1.29 is 19.1 Å². The van der Waals surface area contributed by atoms with Gasteiger partial charge in [-0.1, -0.05) is 42.5 Å².